The first-order chi connectivity index (χ1) is 8.61. The van der Waals surface area contributed by atoms with Crippen molar-refractivity contribution in [3.8, 4) is 11.1 Å². The van der Waals surface area contributed by atoms with Crippen LogP contribution in [0.5, 0.6) is 0 Å². The maximum absolute atomic E-state index is 13.6. The number of nitro benzene ring substituents is 1. The van der Waals surface area contributed by atoms with Crippen molar-refractivity contribution in [2.24, 2.45) is 5.73 Å². The highest BCUT2D eigenvalue weighted by molar-refractivity contribution is 5.66. The highest BCUT2D eigenvalue weighted by atomic mass is 19.1. The molecule has 0 unspecified atom stereocenters. The Kier molecular flexibility index (Phi) is 3.34. The van der Waals surface area contributed by atoms with E-state index < -0.39 is 10.7 Å². The lowest BCUT2D eigenvalue weighted by atomic mass is 10.0. The molecule has 0 aliphatic heterocycles. The molecule has 2 aromatic carbocycles. The maximum atomic E-state index is 13.6. The van der Waals surface area contributed by atoms with Crippen LogP contribution in [0.4, 0.5) is 10.1 Å². The second-order valence-corrected chi connectivity index (χ2v) is 3.82. The summed E-state index contributed by atoms with van der Waals surface area (Å²) in [6, 6.07) is 10.7. The van der Waals surface area contributed by atoms with E-state index >= 15 is 0 Å². The zero-order valence-electron chi connectivity index (χ0n) is 9.47. The van der Waals surface area contributed by atoms with E-state index in [4.69, 9.17) is 5.73 Å². The van der Waals surface area contributed by atoms with E-state index in [0.717, 1.165) is 0 Å². The smallest absolute Gasteiger partial charge is 0.270 e. The van der Waals surface area contributed by atoms with Gasteiger partial charge in [-0.3, -0.25) is 10.1 Å². The first kappa shape index (κ1) is 12.2. The quantitative estimate of drug-likeness (QED) is 0.668. The van der Waals surface area contributed by atoms with Crippen molar-refractivity contribution in [1.29, 1.82) is 0 Å². The van der Waals surface area contributed by atoms with Crippen molar-refractivity contribution in [3.05, 3.63) is 64.0 Å². The number of hydrogen-bond donors (Lipinski definition) is 1. The molecule has 0 aliphatic rings. The molecular weight excluding hydrogens is 235 g/mol. The van der Waals surface area contributed by atoms with E-state index in [1.807, 2.05) is 0 Å². The van der Waals surface area contributed by atoms with Crippen molar-refractivity contribution < 1.29 is 9.31 Å². The van der Waals surface area contributed by atoms with Crippen LogP contribution in [-0.4, -0.2) is 4.92 Å². The molecule has 0 heterocycles. The van der Waals surface area contributed by atoms with Gasteiger partial charge in [0.1, 0.15) is 5.82 Å². The third-order valence-electron chi connectivity index (χ3n) is 2.66. The Balaban J connectivity index is 2.45. The molecule has 5 heteroatoms. The molecule has 0 spiro atoms. The van der Waals surface area contributed by atoms with Crippen LogP contribution in [-0.2, 0) is 6.54 Å². The van der Waals surface area contributed by atoms with Crippen molar-refractivity contribution in [2.45, 2.75) is 6.54 Å². The standard InChI is InChI=1S/C13H11FN2O2/c14-13-7-10(4-5-11(13)8-15)9-2-1-3-12(6-9)16(17)18/h1-7H,8,15H2. The zero-order valence-corrected chi connectivity index (χ0v) is 9.47. The number of non-ortho nitro benzene ring substituents is 1. The van der Waals surface area contributed by atoms with Crippen LogP contribution in [0.3, 0.4) is 0 Å². The SMILES string of the molecule is NCc1ccc(-c2cccc([N+](=O)[O-])c2)cc1F. The first-order valence-electron chi connectivity index (χ1n) is 5.35. The lowest BCUT2D eigenvalue weighted by Gasteiger charge is -2.04. The normalized spacial score (nSPS) is 10.3. The molecular formula is C13H11FN2O2. The van der Waals surface area contributed by atoms with Gasteiger partial charge >= 0.3 is 0 Å². The number of nitrogens with zero attached hydrogens (tertiary/aromatic N) is 1. The molecule has 0 saturated heterocycles. The molecule has 2 N–H and O–H groups in total. The van der Waals surface area contributed by atoms with Crippen LogP contribution in [0.25, 0.3) is 11.1 Å². The fourth-order valence-electron chi connectivity index (χ4n) is 1.69. The minimum absolute atomic E-state index is 0.0178. The largest absolute Gasteiger partial charge is 0.326 e. The van der Waals surface area contributed by atoms with Gasteiger partial charge in [0.15, 0.2) is 0 Å². The summed E-state index contributed by atoms with van der Waals surface area (Å²) in [5.74, 6) is -0.401. The van der Waals surface area contributed by atoms with Gasteiger partial charge in [0, 0.05) is 24.2 Å². The number of hydrogen-bond acceptors (Lipinski definition) is 3. The van der Waals surface area contributed by atoms with Gasteiger partial charge in [-0.05, 0) is 17.2 Å². The summed E-state index contributed by atoms with van der Waals surface area (Å²) in [5.41, 5.74) is 6.97. The average Bonchev–Trinajstić information content (AvgIpc) is 2.38. The van der Waals surface area contributed by atoms with Gasteiger partial charge in [0.05, 0.1) is 4.92 Å². The van der Waals surface area contributed by atoms with Gasteiger partial charge in [-0.1, -0.05) is 24.3 Å². The predicted molar refractivity (Wildman–Crippen MR) is 66.4 cm³/mol. The van der Waals surface area contributed by atoms with E-state index in [2.05, 4.69) is 0 Å². The van der Waals surface area contributed by atoms with Gasteiger partial charge in [-0.25, -0.2) is 4.39 Å². The Bertz CT molecular complexity index is 599. The van der Waals surface area contributed by atoms with Crippen molar-refractivity contribution in [2.75, 3.05) is 0 Å². The Labute approximate surface area is 103 Å². The third kappa shape index (κ3) is 2.36. The van der Waals surface area contributed by atoms with E-state index in [-0.39, 0.29) is 12.2 Å². The summed E-state index contributed by atoms with van der Waals surface area (Å²) in [7, 11) is 0. The van der Waals surface area contributed by atoms with E-state index in [0.29, 0.717) is 16.7 Å². The lowest BCUT2D eigenvalue weighted by Crippen LogP contribution is -1.99. The summed E-state index contributed by atoms with van der Waals surface area (Å²) in [6.07, 6.45) is 0. The number of nitro groups is 1. The predicted octanol–water partition coefficient (Wildman–Crippen LogP) is 2.86. The molecule has 0 bridgehead atoms. The van der Waals surface area contributed by atoms with Gasteiger partial charge in [-0.2, -0.15) is 0 Å². The van der Waals surface area contributed by atoms with Crippen LogP contribution in [0, 0.1) is 15.9 Å². The van der Waals surface area contributed by atoms with Gasteiger partial charge in [0.25, 0.3) is 5.69 Å². The fraction of sp³-hybridized carbons (Fsp3) is 0.0769. The minimum atomic E-state index is -0.478. The molecule has 2 rings (SSSR count). The first-order valence-corrected chi connectivity index (χ1v) is 5.35. The van der Waals surface area contributed by atoms with Crippen molar-refractivity contribution >= 4 is 5.69 Å². The molecule has 2 aromatic rings. The second kappa shape index (κ2) is 4.93. The number of rotatable bonds is 3. The molecule has 92 valence electrons. The zero-order chi connectivity index (χ0) is 13.1. The van der Waals surface area contributed by atoms with Crippen molar-refractivity contribution in [3.63, 3.8) is 0 Å². The molecule has 0 aromatic heterocycles. The molecule has 0 atom stereocenters. The molecule has 0 amide bonds. The molecule has 0 fully saturated rings. The van der Waals surface area contributed by atoms with Crippen LogP contribution >= 0.6 is 0 Å². The molecule has 0 radical (unpaired) electrons. The van der Waals surface area contributed by atoms with E-state index in [1.54, 1.807) is 24.3 Å². The van der Waals surface area contributed by atoms with Crippen LogP contribution in [0.1, 0.15) is 5.56 Å². The number of benzene rings is 2. The highest BCUT2D eigenvalue weighted by Crippen LogP contribution is 2.25. The van der Waals surface area contributed by atoms with Crippen LogP contribution in [0.2, 0.25) is 0 Å². The molecule has 0 aliphatic carbocycles. The summed E-state index contributed by atoms with van der Waals surface area (Å²) in [4.78, 5) is 10.2. The summed E-state index contributed by atoms with van der Waals surface area (Å²) in [5, 5.41) is 10.7. The Hall–Kier alpha value is -2.27. The van der Waals surface area contributed by atoms with Crippen LogP contribution < -0.4 is 5.73 Å². The maximum Gasteiger partial charge on any atom is 0.270 e. The fourth-order valence-corrected chi connectivity index (χ4v) is 1.69. The summed E-state index contributed by atoms with van der Waals surface area (Å²) in [6.45, 7) is 0.126. The summed E-state index contributed by atoms with van der Waals surface area (Å²) < 4.78 is 13.6. The van der Waals surface area contributed by atoms with Crippen LogP contribution in [0.15, 0.2) is 42.5 Å². The molecule has 4 nitrogen and oxygen atoms in total. The van der Waals surface area contributed by atoms with Gasteiger partial charge in [0.2, 0.25) is 0 Å². The highest BCUT2D eigenvalue weighted by Gasteiger charge is 2.08. The average molecular weight is 246 g/mol. The van der Waals surface area contributed by atoms with E-state index in [9.17, 15) is 14.5 Å². The molecule has 0 saturated carbocycles. The molecule has 18 heavy (non-hydrogen) atoms. The number of halogens is 1. The topological polar surface area (TPSA) is 69.2 Å². The lowest BCUT2D eigenvalue weighted by molar-refractivity contribution is -0.384. The Morgan fingerprint density at radius 1 is 1.17 bits per heavy atom. The minimum Gasteiger partial charge on any atom is -0.326 e. The van der Waals surface area contributed by atoms with Gasteiger partial charge < -0.3 is 5.73 Å². The Morgan fingerprint density at radius 2 is 1.89 bits per heavy atom. The number of nitrogens with two attached hydrogens (primary N) is 1. The third-order valence-corrected chi connectivity index (χ3v) is 2.66. The Morgan fingerprint density at radius 3 is 2.50 bits per heavy atom. The monoisotopic (exact) mass is 246 g/mol. The summed E-state index contributed by atoms with van der Waals surface area (Å²) >= 11 is 0. The van der Waals surface area contributed by atoms with E-state index in [1.165, 1.54) is 18.2 Å². The second-order valence-electron chi connectivity index (χ2n) is 3.82. The van der Waals surface area contributed by atoms with Gasteiger partial charge in [-0.15, -0.1) is 0 Å². The van der Waals surface area contributed by atoms with Crippen molar-refractivity contribution in [1.82, 2.24) is 0 Å².